The molecule has 3 aromatic carbocycles. The molecule has 1 aliphatic rings. The van der Waals surface area contributed by atoms with Crippen LogP contribution in [-0.2, 0) is 16.1 Å². The van der Waals surface area contributed by atoms with E-state index in [0.29, 0.717) is 25.4 Å². The molecule has 7 nitrogen and oxygen atoms in total. The van der Waals surface area contributed by atoms with E-state index in [1.165, 1.54) is 6.92 Å². The molecule has 1 unspecified atom stereocenters. The Morgan fingerprint density at radius 2 is 1.70 bits per heavy atom. The molecule has 1 aliphatic heterocycles. The van der Waals surface area contributed by atoms with E-state index in [1.54, 1.807) is 0 Å². The standard InChI is InChI=1S/C30H31N3O4/c1-22(37-23(2)34)33-18-8-9-25(20-33)19-31-30(35)32-27-16-14-24(15-17-27)21-36-29-13-7-6-12-28(29)26-10-4-3-5-11-26/h3-18,22H,19-21H2,1-2H3,(H2,31,32,35). The third kappa shape index (κ3) is 7.48. The fraction of sp³-hybridized carbons (Fsp3) is 0.200. The summed E-state index contributed by atoms with van der Waals surface area (Å²) >= 11 is 0. The summed E-state index contributed by atoms with van der Waals surface area (Å²) < 4.78 is 11.3. The van der Waals surface area contributed by atoms with E-state index in [0.717, 1.165) is 28.0 Å². The van der Waals surface area contributed by atoms with Gasteiger partial charge in [-0.05, 0) is 47.9 Å². The SMILES string of the molecule is CC(=O)OC(C)N1C=CC=C(CNC(=O)Nc2ccc(COc3ccccc3-c3ccccc3)cc2)C1. The van der Waals surface area contributed by atoms with Crippen LogP contribution in [0.1, 0.15) is 19.4 Å². The molecule has 0 fully saturated rings. The van der Waals surface area contributed by atoms with Gasteiger partial charge >= 0.3 is 12.0 Å². The van der Waals surface area contributed by atoms with Gasteiger partial charge in [-0.3, -0.25) is 4.79 Å². The molecule has 2 N–H and O–H groups in total. The first-order chi connectivity index (χ1) is 18.0. The number of rotatable bonds is 9. The minimum Gasteiger partial charge on any atom is -0.488 e. The summed E-state index contributed by atoms with van der Waals surface area (Å²) in [6.07, 6.45) is 5.31. The van der Waals surface area contributed by atoms with Crippen molar-refractivity contribution in [1.29, 1.82) is 0 Å². The number of benzene rings is 3. The molecule has 0 bridgehead atoms. The van der Waals surface area contributed by atoms with Crippen LogP contribution in [0, 0.1) is 0 Å². The molecule has 1 atom stereocenters. The van der Waals surface area contributed by atoms with Crippen LogP contribution in [0.4, 0.5) is 10.5 Å². The lowest BCUT2D eigenvalue weighted by Crippen LogP contribution is -2.38. The molecule has 0 spiro atoms. The molecule has 2 amide bonds. The summed E-state index contributed by atoms with van der Waals surface area (Å²) in [6.45, 7) is 4.56. The first-order valence-electron chi connectivity index (χ1n) is 12.2. The summed E-state index contributed by atoms with van der Waals surface area (Å²) in [7, 11) is 0. The van der Waals surface area contributed by atoms with E-state index >= 15 is 0 Å². The number of para-hydroxylation sites is 1. The Morgan fingerprint density at radius 3 is 2.46 bits per heavy atom. The van der Waals surface area contributed by atoms with Gasteiger partial charge in [0.1, 0.15) is 12.4 Å². The number of amides is 2. The molecule has 0 radical (unpaired) electrons. The zero-order valence-corrected chi connectivity index (χ0v) is 21.0. The molecule has 0 saturated heterocycles. The highest BCUT2D eigenvalue weighted by Gasteiger charge is 2.16. The minimum absolute atomic E-state index is 0.296. The predicted molar refractivity (Wildman–Crippen MR) is 145 cm³/mol. The molecule has 0 aromatic heterocycles. The molecule has 4 rings (SSSR count). The van der Waals surface area contributed by atoms with Crippen LogP contribution in [0.15, 0.2) is 103 Å². The highest BCUT2D eigenvalue weighted by Crippen LogP contribution is 2.30. The van der Waals surface area contributed by atoms with Crippen molar-refractivity contribution in [2.24, 2.45) is 0 Å². The second kappa shape index (κ2) is 12.4. The van der Waals surface area contributed by atoms with Crippen LogP contribution in [-0.4, -0.2) is 36.2 Å². The third-order valence-corrected chi connectivity index (χ3v) is 5.85. The highest BCUT2D eigenvalue weighted by molar-refractivity contribution is 5.89. The fourth-order valence-electron chi connectivity index (χ4n) is 3.97. The Labute approximate surface area is 217 Å². The van der Waals surface area contributed by atoms with Crippen molar-refractivity contribution in [3.05, 3.63) is 108 Å². The third-order valence-electron chi connectivity index (χ3n) is 5.85. The largest absolute Gasteiger partial charge is 0.488 e. The summed E-state index contributed by atoms with van der Waals surface area (Å²) in [5.74, 6) is 0.493. The Kier molecular flexibility index (Phi) is 8.60. The maximum atomic E-state index is 12.4. The van der Waals surface area contributed by atoms with Gasteiger partial charge < -0.3 is 25.0 Å². The van der Waals surface area contributed by atoms with Gasteiger partial charge in [0.25, 0.3) is 0 Å². The Morgan fingerprint density at radius 1 is 0.973 bits per heavy atom. The Balaban J connectivity index is 1.25. The van der Waals surface area contributed by atoms with E-state index in [2.05, 4.69) is 22.8 Å². The molecule has 1 heterocycles. The lowest BCUT2D eigenvalue weighted by molar-refractivity contribution is -0.152. The maximum absolute atomic E-state index is 12.4. The second-order valence-corrected chi connectivity index (χ2v) is 8.70. The lowest BCUT2D eigenvalue weighted by Gasteiger charge is -2.30. The summed E-state index contributed by atoms with van der Waals surface area (Å²) in [6, 6.07) is 25.4. The number of urea groups is 1. The quantitative estimate of drug-likeness (QED) is 0.370. The molecule has 7 heteroatoms. The van der Waals surface area contributed by atoms with Crippen molar-refractivity contribution in [3.8, 4) is 16.9 Å². The number of anilines is 1. The number of hydrogen-bond donors (Lipinski definition) is 2. The second-order valence-electron chi connectivity index (χ2n) is 8.70. The number of carbonyl (C=O) groups excluding carboxylic acids is 2. The fourth-order valence-corrected chi connectivity index (χ4v) is 3.97. The number of hydrogen-bond acceptors (Lipinski definition) is 5. The monoisotopic (exact) mass is 497 g/mol. The van der Waals surface area contributed by atoms with E-state index < -0.39 is 0 Å². The molecule has 0 aliphatic carbocycles. The summed E-state index contributed by atoms with van der Waals surface area (Å²) in [5.41, 5.74) is 4.84. The van der Waals surface area contributed by atoms with Crippen molar-refractivity contribution in [2.45, 2.75) is 26.7 Å². The minimum atomic E-state index is -0.374. The summed E-state index contributed by atoms with van der Waals surface area (Å²) in [4.78, 5) is 25.5. The molecule has 37 heavy (non-hydrogen) atoms. The van der Waals surface area contributed by atoms with E-state index in [4.69, 9.17) is 9.47 Å². The molecule has 190 valence electrons. The van der Waals surface area contributed by atoms with E-state index in [1.807, 2.05) is 96.9 Å². The topological polar surface area (TPSA) is 79.9 Å². The van der Waals surface area contributed by atoms with Crippen LogP contribution in [0.3, 0.4) is 0 Å². The molecular formula is C30H31N3O4. The van der Waals surface area contributed by atoms with Gasteiger partial charge in [-0.15, -0.1) is 0 Å². The van der Waals surface area contributed by atoms with E-state index in [-0.39, 0.29) is 18.2 Å². The first kappa shape index (κ1) is 25.6. The molecular weight excluding hydrogens is 466 g/mol. The van der Waals surface area contributed by atoms with Crippen LogP contribution in [0.2, 0.25) is 0 Å². The van der Waals surface area contributed by atoms with Crippen molar-refractivity contribution >= 4 is 17.7 Å². The number of ether oxygens (including phenoxy) is 2. The van der Waals surface area contributed by atoms with Gasteiger partial charge in [0, 0.05) is 37.5 Å². The van der Waals surface area contributed by atoms with Gasteiger partial charge in [0.05, 0.1) is 0 Å². The van der Waals surface area contributed by atoms with Crippen LogP contribution in [0.25, 0.3) is 11.1 Å². The van der Waals surface area contributed by atoms with E-state index in [9.17, 15) is 9.59 Å². The first-order valence-corrected chi connectivity index (χ1v) is 12.2. The van der Waals surface area contributed by atoms with Gasteiger partial charge in [-0.2, -0.15) is 0 Å². The van der Waals surface area contributed by atoms with Gasteiger partial charge in [0.2, 0.25) is 0 Å². The highest BCUT2D eigenvalue weighted by atomic mass is 16.6. The van der Waals surface area contributed by atoms with Gasteiger partial charge in [0.15, 0.2) is 6.23 Å². The number of esters is 1. The van der Waals surface area contributed by atoms with Gasteiger partial charge in [-0.25, -0.2) is 4.79 Å². The van der Waals surface area contributed by atoms with Crippen LogP contribution < -0.4 is 15.4 Å². The molecule has 3 aromatic rings. The normalized spacial score (nSPS) is 13.4. The van der Waals surface area contributed by atoms with Crippen LogP contribution in [0.5, 0.6) is 5.75 Å². The number of carbonyl (C=O) groups is 2. The predicted octanol–water partition coefficient (Wildman–Crippen LogP) is 5.72. The molecule has 0 saturated carbocycles. The lowest BCUT2D eigenvalue weighted by atomic mass is 10.0. The number of nitrogens with zero attached hydrogens (tertiary/aromatic N) is 1. The summed E-state index contributed by atoms with van der Waals surface area (Å²) in [5, 5.41) is 5.73. The maximum Gasteiger partial charge on any atom is 0.319 e. The van der Waals surface area contributed by atoms with Crippen molar-refractivity contribution in [2.75, 3.05) is 18.4 Å². The van der Waals surface area contributed by atoms with Crippen molar-refractivity contribution in [1.82, 2.24) is 10.2 Å². The Bertz CT molecular complexity index is 1270. The zero-order valence-electron chi connectivity index (χ0n) is 21.0. The Hall–Kier alpha value is -4.52. The number of nitrogens with one attached hydrogen (secondary N) is 2. The average Bonchev–Trinajstić information content (AvgIpc) is 2.92. The smallest absolute Gasteiger partial charge is 0.319 e. The van der Waals surface area contributed by atoms with Crippen LogP contribution >= 0.6 is 0 Å². The van der Waals surface area contributed by atoms with Crippen molar-refractivity contribution in [3.63, 3.8) is 0 Å². The zero-order chi connectivity index (χ0) is 26.0. The number of allylic oxidation sites excluding steroid dienone is 2. The van der Waals surface area contributed by atoms with Crippen molar-refractivity contribution < 1.29 is 19.1 Å². The van der Waals surface area contributed by atoms with Gasteiger partial charge in [-0.1, -0.05) is 66.7 Å². The average molecular weight is 498 g/mol.